The van der Waals surface area contributed by atoms with Crippen LogP contribution in [-0.2, 0) is 17.9 Å². The van der Waals surface area contributed by atoms with Gasteiger partial charge in [-0.15, -0.1) is 0 Å². The van der Waals surface area contributed by atoms with Gasteiger partial charge in [0, 0.05) is 31.7 Å². The molecule has 7 nitrogen and oxygen atoms in total. The molecule has 0 radical (unpaired) electrons. The number of amides is 1. The lowest BCUT2D eigenvalue weighted by atomic mass is 10.2. The minimum atomic E-state index is -0.0713. The van der Waals surface area contributed by atoms with Crippen LogP contribution in [0.1, 0.15) is 30.9 Å². The molecule has 2 aromatic rings. The normalized spacial score (nSPS) is 13.5. The quantitative estimate of drug-likeness (QED) is 0.414. The average molecular weight is 411 g/mol. The Morgan fingerprint density at radius 3 is 2.63 bits per heavy atom. The van der Waals surface area contributed by atoms with Crippen molar-refractivity contribution in [2.45, 2.75) is 38.9 Å². The van der Waals surface area contributed by atoms with E-state index in [9.17, 15) is 4.79 Å². The van der Waals surface area contributed by atoms with E-state index >= 15 is 0 Å². The summed E-state index contributed by atoms with van der Waals surface area (Å²) in [5.41, 5.74) is 2.11. The Hall–Kier alpha value is -3.22. The van der Waals surface area contributed by atoms with E-state index in [4.69, 9.17) is 9.47 Å². The van der Waals surface area contributed by atoms with E-state index in [1.165, 1.54) is 0 Å². The molecule has 0 atom stereocenters. The third kappa shape index (κ3) is 6.99. The van der Waals surface area contributed by atoms with Crippen molar-refractivity contribution in [3.8, 4) is 11.5 Å². The van der Waals surface area contributed by atoms with Gasteiger partial charge in [0.2, 0.25) is 0 Å². The Labute approximate surface area is 177 Å². The van der Waals surface area contributed by atoms with Crippen LogP contribution in [-0.4, -0.2) is 38.2 Å². The summed E-state index contributed by atoms with van der Waals surface area (Å²) in [6.45, 7) is 3.83. The summed E-state index contributed by atoms with van der Waals surface area (Å²) in [6, 6.07) is 16.0. The van der Waals surface area contributed by atoms with Crippen LogP contribution in [0.4, 0.5) is 0 Å². The molecule has 0 aromatic heterocycles. The molecule has 1 fully saturated rings. The van der Waals surface area contributed by atoms with Crippen LogP contribution in [0.15, 0.2) is 53.5 Å². The van der Waals surface area contributed by atoms with E-state index < -0.39 is 0 Å². The molecule has 0 heterocycles. The number of carbonyl (C=O) groups excluding carboxylic acids is 1. The zero-order valence-electron chi connectivity index (χ0n) is 17.6. The van der Waals surface area contributed by atoms with Gasteiger partial charge in [0.1, 0.15) is 11.5 Å². The lowest BCUT2D eigenvalue weighted by molar-refractivity contribution is -0.123. The fourth-order valence-electron chi connectivity index (χ4n) is 2.92. The van der Waals surface area contributed by atoms with Crippen molar-refractivity contribution in [1.29, 1.82) is 0 Å². The maximum Gasteiger partial charge on any atom is 0.258 e. The minimum Gasteiger partial charge on any atom is -0.494 e. The molecular formula is C23H30N4O3. The van der Waals surface area contributed by atoms with Crippen molar-refractivity contribution in [2.75, 3.05) is 20.3 Å². The summed E-state index contributed by atoms with van der Waals surface area (Å²) < 4.78 is 11.3. The van der Waals surface area contributed by atoms with Gasteiger partial charge in [-0.3, -0.25) is 9.79 Å². The lowest BCUT2D eigenvalue weighted by Gasteiger charge is -2.15. The number of para-hydroxylation sites is 1. The summed E-state index contributed by atoms with van der Waals surface area (Å²) in [5.74, 6) is 2.17. The Morgan fingerprint density at radius 1 is 1.07 bits per heavy atom. The molecule has 30 heavy (non-hydrogen) atoms. The largest absolute Gasteiger partial charge is 0.494 e. The first-order chi connectivity index (χ1) is 14.7. The fourth-order valence-corrected chi connectivity index (χ4v) is 2.92. The van der Waals surface area contributed by atoms with E-state index in [1.807, 2.05) is 55.5 Å². The van der Waals surface area contributed by atoms with Crippen LogP contribution in [0.5, 0.6) is 11.5 Å². The number of nitrogens with one attached hydrogen (secondary N) is 3. The summed E-state index contributed by atoms with van der Waals surface area (Å²) in [5, 5.41) is 9.52. The molecule has 1 saturated carbocycles. The van der Waals surface area contributed by atoms with Crippen molar-refractivity contribution < 1.29 is 14.3 Å². The fraction of sp³-hybridized carbons (Fsp3) is 0.391. The zero-order chi connectivity index (χ0) is 21.2. The topological polar surface area (TPSA) is 84.0 Å². The Morgan fingerprint density at radius 2 is 1.87 bits per heavy atom. The number of benzene rings is 2. The van der Waals surface area contributed by atoms with Crippen LogP contribution >= 0.6 is 0 Å². The van der Waals surface area contributed by atoms with Crippen molar-refractivity contribution >= 4 is 11.9 Å². The average Bonchev–Trinajstić information content (AvgIpc) is 3.58. The van der Waals surface area contributed by atoms with Gasteiger partial charge in [-0.1, -0.05) is 30.3 Å². The molecule has 1 aliphatic rings. The first kappa shape index (κ1) is 21.5. The lowest BCUT2D eigenvalue weighted by Crippen LogP contribution is -2.36. The second kappa shape index (κ2) is 11.1. The van der Waals surface area contributed by atoms with Crippen LogP contribution in [0.2, 0.25) is 0 Å². The molecule has 0 unspecified atom stereocenters. The molecule has 3 N–H and O–H groups in total. The molecule has 160 valence electrons. The van der Waals surface area contributed by atoms with Gasteiger partial charge in [0.15, 0.2) is 12.6 Å². The maximum absolute atomic E-state index is 11.8. The van der Waals surface area contributed by atoms with Gasteiger partial charge >= 0.3 is 0 Å². The predicted octanol–water partition coefficient (Wildman–Crippen LogP) is 2.61. The molecule has 3 rings (SSSR count). The summed E-state index contributed by atoms with van der Waals surface area (Å²) >= 11 is 0. The highest BCUT2D eigenvalue weighted by Gasteiger charge is 2.23. The summed E-state index contributed by atoms with van der Waals surface area (Å²) in [7, 11) is 1.74. The SMILES string of the molecule is CCOc1ccccc1CNC(=NC)NCc1cccc(OCC(=O)NC2CC2)c1. The number of hydrogen-bond acceptors (Lipinski definition) is 4. The van der Waals surface area contributed by atoms with Crippen molar-refractivity contribution in [1.82, 2.24) is 16.0 Å². The molecular weight excluding hydrogens is 380 g/mol. The third-order valence-corrected chi connectivity index (χ3v) is 4.61. The molecule has 0 aliphatic heterocycles. The van der Waals surface area contributed by atoms with E-state index in [1.54, 1.807) is 7.05 Å². The number of ether oxygens (including phenoxy) is 2. The highest BCUT2D eigenvalue weighted by molar-refractivity contribution is 5.79. The zero-order valence-corrected chi connectivity index (χ0v) is 17.6. The smallest absolute Gasteiger partial charge is 0.258 e. The Bertz CT molecular complexity index is 865. The number of carbonyl (C=O) groups is 1. The molecule has 0 spiro atoms. The minimum absolute atomic E-state index is 0.0375. The van der Waals surface area contributed by atoms with Crippen LogP contribution in [0.3, 0.4) is 0 Å². The second-order valence-corrected chi connectivity index (χ2v) is 7.10. The first-order valence-corrected chi connectivity index (χ1v) is 10.3. The number of hydrogen-bond donors (Lipinski definition) is 3. The number of guanidine groups is 1. The summed E-state index contributed by atoms with van der Waals surface area (Å²) in [6.07, 6.45) is 2.14. The monoisotopic (exact) mass is 410 g/mol. The number of rotatable bonds is 10. The van der Waals surface area contributed by atoms with Gasteiger partial charge < -0.3 is 25.4 Å². The van der Waals surface area contributed by atoms with E-state index in [2.05, 4.69) is 20.9 Å². The van der Waals surface area contributed by atoms with Crippen molar-refractivity contribution in [3.05, 3.63) is 59.7 Å². The second-order valence-electron chi connectivity index (χ2n) is 7.10. The van der Waals surface area contributed by atoms with Gasteiger partial charge in [-0.25, -0.2) is 0 Å². The molecule has 0 bridgehead atoms. The van der Waals surface area contributed by atoms with Crippen LogP contribution in [0, 0.1) is 0 Å². The van der Waals surface area contributed by atoms with Gasteiger partial charge in [0.25, 0.3) is 5.91 Å². The van der Waals surface area contributed by atoms with E-state index in [-0.39, 0.29) is 12.5 Å². The van der Waals surface area contributed by atoms with Gasteiger partial charge in [-0.2, -0.15) is 0 Å². The van der Waals surface area contributed by atoms with Crippen LogP contribution < -0.4 is 25.4 Å². The van der Waals surface area contributed by atoms with E-state index in [0.717, 1.165) is 29.7 Å². The predicted molar refractivity (Wildman–Crippen MR) is 118 cm³/mol. The van der Waals surface area contributed by atoms with Gasteiger partial charge in [-0.05, 0) is 43.5 Å². The highest BCUT2D eigenvalue weighted by Crippen LogP contribution is 2.19. The standard InChI is InChI=1S/C23H30N4O3/c1-3-29-21-10-5-4-8-18(21)15-26-23(24-2)25-14-17-7-6-9-20(13-17)30-16-22(28)27-19-11-12-19/h4-10,13,19H,3,11-12,14-16H2,1-2H3,(H,27,28)(H2,24,25,26). The molecule has 1 aliphatic carbocycles. The third-order valence-electron chi connectivity index (χ3n) is 4.61. The van der Waals surface area contributed by atoms with Crippen molar-refractivity contribution in [3.63, 3.8) is 0 Å². The van der Waals surface area contributed by atoms with Crippen molar-refractivity contribution in [2.24, 2.45) is 4.99 Å². The Balaban J connectivity index is 1.47. The van der Waals surface area contributed by atoms with Crippen LogP contribution in [0.25, 0.3) is 0 Å². The van der Waals surface area contributed by atoms with E-state index in [0.29, 0.717) is 37.4 Å². The number of nitrogens with zero attached hydrogens (tertiary/aromatic N) is 1. The Kier molecular flexibility index (Phi) is 7.94. The highest BCUT2D eigenvalue weighted by atomic mass is 16.5. The summed E-state index contributed by atoms with van der Waals surface area (Å²) in [4.78, 5) is 16.1. The molecule has 7 heteroatoms. The molecule has 0 saturated heterocycles. The molecule has 2 aromatic carbocycles. The maximum atomic E-state index is 11.8. The van der Waals surface area contributed by atoms with Gasteiger partial charge in [0.05, 0.1) is 6.61 Å². The molecule has 1 amide bonds. The number of aliphatic imine (C=N–C) groups is 1. The first-order valence-electron chi connectivity index (χ1n) is 10.3.